The third-order valence-corrected chi connectivity index (χ3v) is 9.25. The Hall–Kier alpha value is -2.54. The quantitative estimate of drug-likeness (QED) is 0.497. The minimum atomic E-state index is -0.391. The summed E-state index contributed by atoms with van der Waals surface area (Å²) in [5.41, 5.74) is 2.44. The van der Waals surface area contributed by atoms with E-state index in [4.69, 9.17) is 0 Å². The summed E-state index contributed by atoms with van der Waals surface area (Å²) < 4.78 is 14.6. The minimum absolute atomic E-state index is 0.126. The second kappa shape index (κ2) is 11.7. The van der Waals surface area contributed by atoms with Gasteiger partial charge in [0.1, 0.15) is 5.69 Å². The zero-order valence-corrected chi connectivity index (χ0v) is 22.6. The van der Waals surface area contributed by atoms with Crippen molar-refractivity contribution in [1.29, 1.82) is 0 Å². The summed E-state index contributed by atoms with van der Waals surface area (Å²) in [6.45, 7) is 5.58. The Morgan fingerprint density at radius 2 is 1.71 bits per heavy atom. The van der Waals surface area contributed by atoms with Gasteiger partial charge < -0.3 is 15.1 Å². The number of carbonyl (C=O) groups is 1. The SMILES string of the molecule is O=C(C1CCC(Nc2ncc(F)c(-c3cccc(C4CC4)c3)n2)CC1)N1CCC(CN2CCCCC2)CC1. The van der Waals surface area contributed by atoms with Crippen LogP contribution in [0.1, 0.15) is 82.1 Å². The second-order valence-electron chi connectivity index (χ2n) is 12.1. The first-order chi connectivity index (χ1) is 18.6. The predicted molar refractivity (Wildman–Crippen MR) is 148 cm³/mol. The molecule has 38 heavy (non-hydrogen) atoms. The number of nitrogens with zero attached hydrogens (tertiary/aromatic N) is 4. The molecule has 2 saturated heterocycles. The number of hydrogen-bond acceptors (Lipinski definition) is 5. The van der Waals surface area contributed by atoms with Gasteiger partial charge in [0.15, 0.2) is 5.82 Å². The Labute approximate surface area is 226 Å². The number of anilines is 1. The first kappa shape index (κ1) is 25.7. The lowest BCUT2D eigenvalue weighted by atomic mass is 9.84. The molecule has 1 amide bonds. The third kappa shape index (κ3) is 6.19. The standard InChI is InChI=1S/C31H42FN5O/c32-28-20-33-31(35-29(28)26-6-4-5-25(19-26)23-7-8-23)34-27-11-9-24(10-12-27)30(38)37-17-13-22(14-18-37)21-36-15-2-1-3-16-36/h4-6,19-20,22-24,27H,1-3,7-18,21H2,(H,33,34,35). The number of likely N-dealkylation sites (tertiary alicyclic amines) is 2. The van der Waals surface area contributed by atoms with Crippen LogP contribution in [0.15, 0.2) is 30.5 Å². The lowest BCUT2D eigenvalue weighted by Gasteiger charge is -2.38. The Kier molecular flexibility index (Phi) is 7.91. The zero-order chi connectivity index (χ0) is 25.9. The van der Waals surface area contributed by atoms with E-state index < -0.39 is 5.82 Å². The summed E-state index contributed by atoms with van der Waals surface area (Å²) >= 11 is 0. The molecule has 2 aromatic rings. The largest absolute Gasteiger partial charge is 0.351 e. The maximum absolute atomic E-state index is 14.6. The molecular weight excluding hydrogens is 477 g/mol. The van der Waals surface area contributed by atoms with Crippen LogP contribution in [0.3, 0.4) is 0 Å². The van der Waals surface area contributed by atoms with E-state index in [9.17, 15) is 9.18 Å². The maximum atomic E-state index is 14.6. The van der Waals surface area contributed by atoms with Crippen molar-refractivity contribution in [2.75, 3.05) is 38.0 Å². The van der Waals surface area contributed by atoms with E-state index in [-0.39, 0.29) is 12.0 Å². The molecular formula is C31H42FN5O. The van der Waals surface area contributed by atoms with Crippen LogP contribution in [0.5, 0.6) is 0 Å². The Morgan fingerprint density at radius 1 is 0.947 bits per heavy atom. The summed E-state index contributed by atoms with van der Waals surface area (Å²) in [5.74, 6) is 1.92. The number of aromatic nitrogens is 2. The van der Waals surface area contributed by atoms with Crippen LogP contribution in [0.2, 0.25) is 0 Å². The van der Waals surface area contributed by atoms with Crippen molar-refractivity contribution in [3.05, 3.63) is 41.8 Å². The number of benzene rings is 1. The van der Waals surface area contributed by atoms with E-state index >= 15 is 0 Å². The van der Waals surface area contributed by atoms with Crippen molar-refractivity contribution in [3.63, 3.8) is 0 Å². The number of nitrogens with one attached hydrogen (secondary N) is 1. The van der Waals surface area contributed by atoms with Gasteiger partial charge >= 0.3 is 0 Å². The molecule has 0 radical (unpaired) electrons. The first-order valence-corrected chi connectivity index (χ1v) is 15.0. The van der Waals surface area contributed by atoms with Gasteiger partial charge in [0.25, 0.3) is 0 Å². The molecule has 2 aliphatic carbocycles. The number of hydrogen-bond donors (Lipinski definition) is 1. The molecule has 0 atom stereocenters. The van der Waals surface area contributed by atoms with E-state index in [1.807, 2.05) is 12.1 Å². The fourth-order valence-electron chi connectivity index (χ4n) is 6.76. The van der Waals surface area contributed by atoms with E-state index in [0.29, 0.717) is 23.5 Å². The van der Waals surface area contributed by atoms with Crippen molar-refractivity contribution in [2.24, 2.45) is 11.8 Å². The first-order valence-electron chi connectivity index (χ1n) is 15.0. The lowest BCUT2D eigenvalue weighted by Crippen LogP contribution is -2.45. The third-order valence-electron chi connectivity index (χ3n) is 9.25. The van der Waals surface area contributed by atoms with Crippen molar-refractivity contribution < 1.29 is 9.18 Å². The van der Waals surface area contributed by atoms with Crippen LogP contribution in [-0.4, -0.2) is 64.4 Å². The predicted octanol–water partition coefficient (Wildman–Crippen LogP) is 5.86. The van der Waals surface area contributed by atoms with Gasteiger partial charge in [-0.2, -0.15) is 0 Å². The number of rotatable bonds is 7. The Morgan fingerprint density at radius 3 is 2.45 bits per heavy atom. The van der Waals surface area contributed by atoms with Gasteiger partial charge in [0.05, 0.1) is 6.20 Å². The van der Waals surface area contributed by atoms with Gasteiger partial charge in [-0.05, 0) is 101 Å². The van der Waals surface area contributed by atoms with E-state index in [1.54, 1.807) is 0 Å². The molecule has 2 saturated carbocycles. The molecule has 0 spiro atoms. The van der Waals surface area contributed by atoms with Crippen LogP contribution in [0, 0.1) is 17.7 Å². The molecule has 0 unspecified atom stereocenters. The van der Waals surface area contributed by atoms with E-state index in [2.05, 4.69) is 37.2 Å². The molecule has 1 N–H and O–H groups in total. The number of amides is 1. The molecule has 0 bridgehead atoms. The molecule has 6 nitrogen and oxygen atoms in total. The topological polar surface area (TPSA) is 61.4 Å². The smallest absolute Gasteiger partial charge is 0.225 e. The summed E-state index contributed by atoms with van der Waals surface area (Å²) in [4.78, 5) is 26.8. The van der Waals surface area contributed by atoms with Gasteiger partial charge in [-0.3, -0.25) is 4.79 Å². The summed E-state index contributed by atoms with van der Waals surface area (Å²) in [6.07, 6.45) is 13.7. The molecule has 3 heterocycles. The fourth-order valence-corrected chi connectivity index (χ4v) is 6.76. The van der Waals surface area contributed by atoms with Crippen LogP contribution in [-0.2, 0) is 4.79 Å². The molecule has 204 valence electrons. The molecule has 1 aromatic heterocycles. The van der Waals surface area contributed by atoms with Crippen molar-refractivity contribution in [1.82, 2.24) is 19.8 Å². The number of carbonyl (C=O) groups excluding carboxylic acids is 1. The number of halogens is 1. The Bertz CT molecular complexity index is 1100. The van der Waals surface area contributed by atoms with Crippen LogP contribution in [0.25, 0.3) is 11.3 Å². The van der Waals surface area contributed by atoms with Crippen molar-refractivity contribution in [3.8, 4) is 11.3 Å². The van der Waals surface area contributed by atoms with Crippen molar-refractivity contribution >= 4 is 11.9 Å². The fraction of sp³-hybridized carbons (Fsp3) is 0.645. The van der Waals surface area contributed by atoms with Crippen LogP contribution >= 0.6 is 0 Å². The van der Waals surface area contributed by atoms with Gasteiger partial charge in [-0.15, -0.1) is 0 Å². The Balaban J connectivity index is 0.983. The van der Waals surface area contributed by atoms with Crippen LogP contribution < -0.4 is 5.32 Å². The highest BCUT2D eigenvalue weighted by Gasteiger charge is 2.32. The highest BCUT2D eigenvalue weighted by Crippen LogP contribution is 2.41. The average Bonchev–Trinajstić information content (AvgIpc) is 3.81. The minimum Gasteiger partial charge on any atom is -0.351 e. The second-order valence-corrected chi connectivity index (χ2v) is 12.1. The monoisotopic (exact) mass is 519 g/mol. The van der Waals surface area contributed by atoms with E-state index in [1.165, 1.54) is 63.5 Å². The molecule has 4 aliphatic rings. The van der Waals surface area contributed by atoms with Gasteiger partial charge in [0, 0.05) is 37.2 Å². The summed E-state index contributed by atoms with van der Waals surface area (Å²) in [7, 11) is 0. The van der Waals surface area contributed by atoms with Gasteiger partial charge in [0.2, 0.25) is 11.9 Å². The highest BCUT2D eigenvalue weighted by atomic mass is 19.1. The summed E-state index contributed by atoms with van der Waals surface area (Å²) in [5, 5.41) is 3.43. The molecule has 4 fully saturated rings. The molecule has 7 heteroatoms. The molecule has 2 aliphatic heterocycles. The molecule has 6 rings (SSSR count). The van der Waals surface area contributed by atoms with Crippen molar-refractivity contribution in [2.45, 2.75) is 82.6 Å². The number of piperidine rings is 2. The summed E-state index contributed by atoms with van der Waals surface area (Å²) in [6, 6.07) is 8.32. The highest BCUT2D eigenvalue weighted by molar-refractivity contribution is 5.79. The lowest BCUT2D eigenvalue weighted by molar-refractivity contribution is -0.138. The normalized spacial score (nSPS) is 25.3. The van der Waals surface area contributed by atoms with Gasteiger partial charge in [-0.1, -0.05) is 24.6 Å². The van der Waals surface area contributed by atoms with Crippen LogP contribution in [0.4, 0.5) is 10.3 Å². The van der Waals surface area contributed by atoms with E-state index in [0.717, 1.165) is 63.1 Å². The zero-order valence-electron chi connectivity index (χ0n) is 22.6. The average molecular weight is 520 g/mol. The maximum Gasteiger partial charge on any atom is 0.225 e. The molecule has 1 aromatic carbocycles. The van der Waals surface area contributed by atoms with Gasteiger partial charge in [-0.25, -0.2) is 14.4 Å².